The van der Waals surface area contributed by atoms with E-state index in [1.54, 1.807) is 0 Å². The molecule has 1 saturated heterocycles. The molecule has 0 bridgehead atoms. The fourth-order valence-corrected chi connectivity index (χ4v) is 1.87. The maximum Gasteiger partial charge on any atom is 0.110 e. The second-order valence-corrected chi connectivity index (χ2v) is 3.80. The third-order valence-corrected chi connectivity index (χ3v) is 2.77. The molecule has 2 nitrogen and oxygen atoms in total. The van der Waals surface area contributed by atoms with Gasteiger partial charge in [0.2, 0.25) is 0 Å². The van der Waals surface area contributed by atoms with Gasteiger partial charge in [-0.1, -0.05) is 20.3 Å². The van der Waals surface area contributed by atoms with E-state index in [0.717, 1.165) is 13.2 Å². The lowest BCUT2D eigenvalue weighted by molar-refractivity contribution is -0.0780. The lowest BCUT2D eigenvalue weighted by Crippen LogP contribution is -2.41. The number of unbranched alkanes of at least 4 members (excludes halogenated alkanes) is 1. The molecule has 0 spiro atoms. The molecule has 78 valence electrons. The van der Waals surface area contributed by atoms with Crippen molar-refractivity contribution in [3.63, 3.8) is 0 Å². The van der Waals surface area contributed by atoms with Crippen LogP contribution in [0.4, 0.5) is 0 Å². The monoisotopic (exact) mass is 185 g/mol. The maximum atomic E-state index is 5.85. The Balaban J connectivity index is 2.19. The second kappa shape index (κ2) is 6.39. The van der Waals surface area contributed by atoms with E-state index < -0.39 is 0 Å². The topological polar surface area (TPSA) is 12.5 Å². The molecule has 0 N–H and O–H groups in total. The molecule has 0 aliphatic carbocycles. The molecule has 0 aromatic rings. The quantitative estimate of drug-likeness (QED) is 0.610. The molecule has 1 unspecified atom stereocenters. The van der Waals surface area contributed by atoms with Crippen LogP contribution >= 0.6 is 0 Å². The molecular formula is C11H23NO. The van der Waals surface area contributed by atoms with Crippen molar-refractivity contribution in [2.24, 2.45) is 0 Å². The van der Waals surface area contributed by atoms with Crippen molar-refractivity contribution in [2.75, 3.05) is 19.7 Å². The predicted molar refractivity (Wildman–Crippen MR) is 55.7 cm³/mol. The highest BCUT2D eigenvalue weighted by molar-refractivity contribution is 4.68. The van der Waals surface area contributed by atoms with E-state index in [1.165, 1.54) is 38.6 Å². The van der Waals surface area contributed by atoms with E-state index in [-0.39, 0.29) is 0 Å². The number of hydrogen-bond donors (Lipinski definition) is 0. The summed E-state index contributed by atoms with van der Waals surface area (Å²) >= 11 is 0. The van der Waals surface area contributed by atoms with Crippen LogP contribution in [-0.4, -0.2) is 30.8 Å². The lowest BCUT2D eigenvalue weighted by atomic mass is 10.1. The van der Waals surface area contributed by atoms with Crippen molar-refractivity contribution in [3.05, 3.63) is 0 Å². The molecule has 1 aliphatic rings. The minimum absolute atomic E-state index is 0.422. The SMILES string of the molecule is CCCCOC1CCCCN1CC. The molecule has 0 radical (unpaired) electrons. The van der Waals surface area contributed by atoms with Crippen LogP contribution < -0.4 is 0 Å². The van der Waals surface area contributed by atoms with Gasteiger partial charge in [0.25, 0.3) is 0 Å². The van der Waals surface area contributed by atoms with Gasteiger partial charge >= 0.3 is 0 Å². The Kier molecular flexibility index (Phi) is 5.40. The molecule has 0 amide bonds. The zero-order valence-corrected chi connectivity index (χ0v) is 9.09. The van der Waals surface area contributed by atoms with Gasteiger partial charge in [-0.25, -0.2) is 0 Å². The van der Waals surface area contributed by atoms with Gasteiger partial charge in [0.05, 0.1) is 0 Å². The molecule has 0 saturated carbocycles. The van der Waals surface area contributed by atoms with Gasteiger partial charge in [0.15, 0.2) is 0 Å². The van der Waals surface area contributed by atoms with Gasteiger partial charge < -0.3 is 4.74 Å². The average molecular weight is 185 g/mol. The average Bonchev–Trinajstić information content (AvgIpc) is 2.19. The van der Waals surface area contributed by atoms with Crippen LogP contribution in [0.25, 0.3) is 0 Å². The summed E-state index contributed by atoms with van der Waals surface area (Å²) in [5.74, 6) is 0. The molecule has 0 aromatic carbocycles. The van der Waals surface area contributed by atoms with Crippen molar-refractivity contribution < 1.29 is 4.74 Å². The standard InChI is InChI=1S/C11H23NO/c1-3-5-10-13-11-8-6-7-9-12(11)4-2/h11H,3-10H2,1-2H3. The fraction of sp³-hybridized carbons (Fsp3) is 1.00. The van der Waals surface area contributed by atoms with Gasteiger partial charge in [0.1, 0.15) is 6.23 Å². The summed E-state index contributed by atoms with van der Waals surface area (Å²) in [5.41, 5.74) is 0. The molecule has 1 atom stereocenters. The van der Waals surface area contributed by atoms with Gasteiger partial charge in [-0.05, 0) is 32.2 Å². The van der Waals surface area contributed by atoms with Crippen molar-refractivity contribution >= 4 is 0 Å². The number of rotatable bonds is 5. The zero-order chi connectivity index (χ0) is 9.52. The number of hydrogen-bond acceptors (Lipinski definition) is 2. The molecule has 2 heteroatoms. The number of nitrogens with zero attached hydrogens (tertiary/aromatic N) is 1. The highest BCUT2D eigenvalue weighted by Gasteiger charge is 2.20. The van der Waals surface area contributed by atoms with Crippen LogP contribution in [0.5, 0.6) is 0 Å². The molecule has 0 aromatic heterocycles. The van der Waals surface area contributed by atoms with Crippen LogP contribution in [0.1, 0.15) is 46.0 Å². The van der Waals surface area contributed by atoms with Crippen LogP contribution in [0.3, 0.4) is 0 Å². The van der Waals surface area contributed by atoms with Gasteiger partial charge in [-0.15, -0.1) is 0 Å². The Morgan fingerprint density at radius 2 is 2.15 bits per heavy atom. The summed E-state index contributed by atoms with van der Waals surface area (Å²) in [7, 11) is 0. The molecule has 1 heterocycles. The lowest BCUT2D eigenvalue weighted by Gasteiger charge is -2.34. The van der Waals surface area contributed by atoms with Crippen LogP contribution in [0, 0.1) is 0 Å². The summed E-state index contributed by atoms with van der Waals surface area (Å²) in [5, 5.41) is 0. The second-order valence-electron chi connectivity index (χ2n) is 3.80. The van der Waals surface area contributed by atoms with Crippen LogP contribution in [0.15, 0.2) is 0 Å². The van der Waals surface area contributed by atoms with E-state index in [4.69, 9.17) is 4.74 Å². The first-order valence-electron chi connectivity index (χ1n) is 5.74. The summed E-state index contributed by atoms with van der Waals surface area (Å²) in [6, 6.07) is 0. The summed E-state index contributed by atoms with van der Waals surface area (Å²) in [4.78, 5) is 2.46. The minimum atomic E-state index is 0.422. The Hall–Kier alpha value is -0.0800. The van der Waals surface area contributed by atoms with E-state index in [0.29, 0.717) is 6.23 Å². The largest absolute Gasteiger partial charge is 0.363 e. The van der Waals surface area contributed by atoms with Gasteiger partial charge in [0, 0.05) is 13.2 Å². The normalized spacial score (nSPS) is 24.9. The maximum absolute atomic E-state index is 5.85. The first-order valence-corrected chi connectivity index (χ1v) is 5.74. The number of ether oxygens (including phenoxy) is 1. The first kappa shape index (κ1) is 11.0. The minimum Gasteiger partial charge on any atom is -0.363 e. The van der Waals surface area contributed by atoms with Crippen LogP contribution in [0.2, 0.25) is 0 Å². The van der Waals surface area contributed by atoms with E-state index in [9.17, 15) is 0 Å². The molecular weight excluding hydrogens is 162 g/mol. The summed E-state index contributed by atoms with van der Waals surface area (Å²) < 4.78 is 5.85. The highest BCUT2D eigenvalue weighted by Crippen LogP contribution is 2.17. The predicted octanol–water partition coefficient (Wildman–Crippen LogP) is 2.64. The molecule has 1 rings (SSSR count). The van der Waals surface area contributed by atoms with Gasteiger partial charge in [-0.2, -0.15) is 0 Å². The molecule has 13 heavy (non-hydrogen) atoms. The number of likely N-dealkylation sites (tertiary alicyclic amines) is 1. The Morgan fingerprint density at radius 1 is 1.31 bits per heavy atom. The highest BCUT2D eigenvalue weighted by atomic mass is 16.5. The number of piperidine rings is 1. The van der Waals surface area contributed by atoms with E-state index in [2.05, 4.69) is 18.7 Å². The van der Waals surface area contributed by atoms with Gasteiger partial charge in [-0.3, -0.25) is 4.90 Å². The Morgan fingerprint density at radius 3 is 2.85 bits per heavy atom. The molecule has 1 aliphatic heterocycles. The smallest absolute Gasteiger partial charge is 0.110 e. The third kappa shape index (κ3) is 3.65. The van der Waals surface area contributed by atoms with E-state index in [1.807, 2.05) is 0 Å². The van der Waals surface area contributed by atoms with Crippen LogP contribution in [-0.2, 0) is 4.74 Å². The molecule has 1 fully saturated rings. The van der Waals surface area contributed by atoms with Crippen molar-refractivity contribution in [1.29, 1.82) is 0 Å². The van der Waals surface area contributed by atoms with Crippen molar-refractivity contribution in [3.8, 4) is 0 Å². The third-order valence-electron chi connectivity index (χ3n) is 2.77. The Labute approximate surface area is 82.3 Å². The first-order chi connectivity index (χ1) is 6.38. The van der Waals surface area contributed by atoms with Crippen molar-refractivity contribution in [2.45, 2.75) is 52.2 Å². The van der Waals surface area contributed by atoms with E-state index >= 15 is 0 Å². The fourth-order valence-electron chi connectivity index (χ4n) is 1.87. The summed E-state index contributed by atoms with van der Waals surface area (Å²) in [6.07, 6.45) is 6.78. The van der Waals surface area contributed by atoms with Crippen molar-refractivity contribution in [1.82, 2.24) is 4.90 Å². The Bertz CT molecular complexity index is 127. The zero-order valence-electron chi connectivity index (χ0n) is 9.09. The summed E-state index contributed by atoms with van der Waals surface area (Å²) in [6.45, 7) is 7.74.